The Bertz CT molecular complexity index is 1310. The summed E-state index contributed by atoms with van der Waals surface area (Å²) < 4.78 is 20.3. The Morgan fingerprint density at radius 1 is 1.03 bits per heavy atom. The zero-order valence-electron chi connectivity index (χ0n) is 20.3. The van der Waals surface area contributed by atoms with Crippen LogP contribution in [-0.2, 0) is 30.7 Å². The van der Waals surface area contributed by atoms with E-state index in [2.05, 4.69) is 26.5 Å². The molecule has 0 aliphatic carbocycles. The topological polar surface area (TPSA) is 60.2 Å². The second-order valence-electron chi connectivity index (χ2n) is 8.64. The summed E-state index contributed by atoms with van der Waals surface area (Å²) in [4.78, 5) is 23.4. The standard InChI is InChI=1S/C28H28ClFN4O2/c1-33(19-21-3-7-23(29)8-4-21)15-13-25-18-32-27(26-17-22(11-14-31-26)28(35)36-2)34(25)16-12-20-5-9-24(30)10-6-20/h3-11,14,17-18H,12-13,15-16,19H2,1-2H3. The molecule has 0 fully saturated rings. The first-order valence-electron chi connectivity index (χ1n) is 11.7. The van der Waals surface area contributed by atoms with Crippen LogP contribution in [0.2, 0.25) is 5.02 Å². The van der Waals surface area contributed by atoms with Gasteiger partial charge in [0.25, 0.3) is 0 Å². The maximum absolute atomic E-state index is 13.4. The molecule has 0 saturated carbocycles. The maximum atomic E-state index is 13.4. The van der Waals surface area contributed by atoms with Crippen LogP contribution >= 0.6 is 11.6 Å². The molecule has 186 valence electrons. The van der Waals surface area contributed by atoms with Crippen LogP contribution in [0.25, 0.3) is 11.5 Å². The Hall–Kier alpha value is -3.55. The number of hydrogen-bond donors (Lipinski definition) is 0. The predicted octanol–water partition coefficient (Wildman–Crippen LogP) is 5.44. The zero-order valence-corrected chi connectivity index (χ0v) is 21.1. The summed E-state index contributed by atoms with van der Waals surface area (Å²) in [6.07, 6.45) is 4.92. The van der Waals surface area contributed by atoms with Crippen LogP contribution in [0.3, 0.4) is 0 Å². The third kappa shape index (κ3) is 6.56. The Morgan fingerprint density at radius 2 is 1.75 bits per heavy atom. The third-order valence-electron chi connectivity index (χ3n) is 6.00. The van der Waals surface area contributed by atoms with Crippen molar-refractivity contribution in [3.63, 3.8) is 0 Å². The zero-order chi connectivity index (χ0) is 25.5. The van der Waals surface area contributed by atoms with Gasteiger partial charge in [0.2, 0.25) is 0 Å². The lowest BCUT2D eigenvalue weighted by molar-refractivity contribution is 0.0600. The monoisotopic (exact) mass is 506 g/mol. The Morgan fingerprint density at radius 3 is 2.47 bits per heavy atom. The number of benzene rings is 2. The van der Waals surface area contributed by atoms with Gasteiger partial charge in [-0.1, -0.05) is 35.9 Å². The summed E-state index contributed by atoms with van der Waals surface area (Å²) in [6, 6.07) is 17.7. The van der Waals surface area contributed by atoms with Crippen molar-refractivity contribution in [3.8, 4) is 11.5 Å². The molecule has 8 heteroatoms. The van der Waals surface area contributed by atoms with E-state index >= 15 is 0 Å². The van der Waals surface area contributed by atoms with Gasteiger partial charge >= 0.3 is 5.97 Å². The largest absolute Gasteiger partial charge is 0.465 e. The molecule has 0 unspecified atom stereocenters. The number of rotatable bonds is 10. The van der Waals surface area contributed by atoms with Crippen molar-refractivity contribution in [1.82, 2.24) is 19.4 Å². The van der Waals surface area contributed by atoms with Crippen LogP contribution in [0.1, 0.15) is 27.2 Å². The van der Waals surface area contributed by atoms with Gasteiger partial charge in [-0.25, -0.2) is 14.2 Å². The summed E-state index contributed by atoms with van der Waals surface area (Å²) in [6.45, 7) is 2.26. The molecule has 0 radical (unpaired) electrons. The van der Waals surface area contributed by atoms with E-state index in [1.807, 2.05) is 30.5 Å². The molecule has 2 heterocycles. The van der Waals surface area contributed by atoms with Gasteiger partial charge in [-0.3, -0.25) is 4.98 Å². The van der Waals surface area contributed by atoms with Crippen molar-refractivity contribution in [1.29, 1.82) is 0 Å². The van der Waals surface area contributed by atoms with E-state index in [0.29, 0.717) is 30.0 Å². The van der Waals surface area contributed by atoms with Crippen LogP contribution in [0, 0.1) is 5.82 Å². The number of imidazole rings is 1. The van der Waals surface area contributed by atoms with Crippen molar-refractivity contribution >= 4 is 17.6 Å². The van der Waals surface area contributed by atoms with E-state index < -0.39 is 5.97 Å². The normalized spacial score (nSPS) is 11.1. The Labute approximate surface area is 215 Å². The minimum Gasteiger partial charge on any atom is -0.465 e. The van der Waals surface area contributed by atoms with Gasteiger partial charge in [0.05, 0.1) is 12.7 Å². The van der Waals surface area contributed by atoms with Crippen molar-refractivity contribution in [2.24, 2.45) is 0 Å². The number of aromatic nitrogens is 3. The van der Waals surface area contributed by atoms with Crippen LogP contribution in [0.5, 0.6) is 0 Å². The van der Waals surface area contributed by atoms with Gasteiger partial charge in [-0.15, -0.1) is 0 Å². The van der Waals surface area contributed by atoms with Gasteiger partial charge in [-0.2, -0.15) is 0 Å². The molecule has 0 aliphatic rings. The van der Waals surface area contributed by atoms with E-state index in [9.17, 15) is 9.18 Å². The molecule has 0 saturated heterocycles. The molecule has 0 bridgehead atoms. The van der Waals surface area contributed by atoms with Gasteiger partial charge in [0, 0.05) is 49.2 Å². The first-order chi connectivity index (χ1) is 17.4. The Kier molecular flexibility index (Phi) is 8.46. The van der Waals surface area contributed by atoms with Gasteiger partial charge in [-0.05, 0) is 61.0 Å². The smallest absolute Gasteiger partial charge is 0.337 e. The molecular weight excluding hydrogens is 479 g/mol. The highest BCUT2D eigenvalue weighted by Gasteiger charge is 2.16. The first kappa shape index (κ1) is 25.5. The van der Waals surface area contributed by atoms with Crippen molar-refractivity contribution in [3.05, 3.63) is 106 Å². The number of hydrogen-bond acceptors (Lipinski definition) is 5. The lowest BCUT2D eigenvalue weighted by Crippen LogP contribution is -2.22. The quantitative estimate of drug-likeness (QED) is 0.268. The molecule has 4 aromatic rings. The fourth-order valence-corrected chi connectivity index (χ4v) is 4.17. The lowest BCUT2D eigenvalue weighted by atomic mass is 10.1. The number of aryl methyl sites for hydroxylation is 1. The number of carbonyl (C=O) groups is 1. The highest BCUT2D eigenvalue weighted by Crippen LogP contribution is 2.21. The lowest BCUT2D eigenvalue weighted by Gasteiger charge is -2.18. The minimum atomic E-state index is -0.424. The molecule has 0 amide bonds. The van der Waals surface area contributed by atoms with Crippen LogP contribution in [0.15, 0.2) is 73.1 Å². The number of halogens is 2. The molecule has 0 N–H and O–H groups in total. The van der Waals surface area contributed by atoms with Crippen molar-refractivity contribution < 1.29 is 13.9 Å². The second-order valence-corrected chi connectivity index (χ2v) is 9.07. The number of likely N-dealkylation sites (N-methyl/N-ethyl adjacent to an activating group) is 1. The van der Waals surface area contributed by atoms with E-state index in [1.165, 1.54) is 24.8 Å². The SMILES string of the molecule is COC(=O)c1ccnc(-c2ncc(CCN(C)Cc3ccc(Cl)cc3)n2CCc2ccc(F)cc2)c1. The van der Waals surface area contributed by atoms with Crippen LogP contribution < -0.4 is 0 Å². The molecule has 2 aromatic heterocycles. The second kappa shape index (κ2) is 11.9. The number of methoxy groups -OCH3 is 1. The van der Waals surface area contributed by atoms with E-state index in [0.717, 1.165) is 35.8 Å². The number of pyridine rings is 1. The summed E-state index contributed by atoms with van der Waals surface area (Å²) in [5.74, 6) is 0.000596. The number of carbonyl (C=O) groups excluding carboxylic acids is 1. The van der Waals surface area contributed by atoms with Gasteiger partial charge in [0.15, 0.2) is 5.82 Å². The summed E-state index contributed by atoms with van der Waals surface area (Å²) in [7, 11) is 3.43. The molecule has 36 heavy (non-hydrogen) atoms. The van der Waals surface area contributed by atoms with Crippen molar-refractivity contribution in [2.45, 2.75) is 25.9 Å². The molecule has 4 rings (SSSR count). The minimum absolute atomic E-state index is 0.254. The number of nitrogens with zero attached hydrogens (tertiary/aromatic N) is 4. The molecule has 0 spiro atoms. The van der Waals surface area contributed by atoms with Gasteiger partial charge in [0.1, 0.15) is 11.5 Å². The number of esters is 1. The average Bonchev–Trinajstić information content (AvgIpc) is 3.31. The molecular formula is C28H28ClFN4O2. The fourth-order valence-electron chi connectivity index (χ4n) is 4.04. The van der Waals surface area contributed by atoms with E-state index in [-0.39, 0.29) is 5.82 Å². The predicted molar refractivity (Wildman–Crippen MR) is 138 cm³/mol. The van der Waals surface area contributed by atoms with Gasteiger partial charge < -0.3 is 14.2 Å². The molecule has 6 nitrogen and oxygen atoms in total. The Balaban J connectivity index is 1.55. The summed E-state index contributed by atoms with van der Waals surface area (Å²) in [5.41, 5.74) is 4.28. The fraction of sp³-hybridized carbons (Fsp3) is 0.250. The average molecular weight is 507 g/mol. The maximum Gasteiger partial charge on any atom is 0.337 e. The summed E-state index contributed by atoms with van der Waals surface area (Å²) >= 11 is 6.00. The van der Waals surface area contributed by atoms with E-state index in [4.69, 9.17) is 16.3 Å². The molecule has 0 atom stereocenters. The highest BCUT2D eigenvalue weighted by atomic mass is 35.5. The van der Waals surface area contributed by atoms with E-state index in [1.54, 1.807) is 30.5 Å². The third-order valence-corrected chi connectivity index (χ3v) is 6.25. The van der Waals surface area contributed by atoms with Crippen LogP contribution in [-0.4, -0.2) is 46.1 Å². The summed E-state index contributed by atoms with van der Waals surface area (Å²) in [5, 5.41) is 0.726. The van der Waals surface area contributed by atoms with Crippen LogP contribution in [0.4, 0.5) is 4.39 Å². The highest BCUT2D eigenvalue weighted by molar-refractivity contribution is 6.30. The molecule has 2 aromatic carbocycles. The number of ether oxygens (including phenoxy) is 1. The molecule has 0 aliphatic heterocycles. The first-order valence-corrected chi connectivity index (χ1v) is 12.1. The van der Waals surface area contributed by atoms with Crippen molar-refractivity contribution in [2.75, 3.05) is 20.7 Å².